The van der Waals surface area contributed by atoms with E-state index in [1.54, 1.807) is 24.5 Å². The molecule has 1 aliphatic carbocycles. The molecule has 2 heterocycles. The Morgan fingerprint density at radius 1 is 1.23 bits per heavy atom. The quantitative estimate of drug-likeness (QED) is 0.793. The maximum absolute atomic E-state index is 11.9. The highest BCUT2D eigenvalue weighted by Gasteiger charge is 2.55. The summed E-state index contributed by atoms with van der Waals surface area (Å²) in [6.45, 7) is 2.89. The molecule has 5 heteroatoms. The molecule has 4 rings (SSSR count). The third kappa shape index (κ3) is 3.75. The molecule has 0 bridgehead atoms. The van der Waals surface area contributed by atoms with E-state index < -0.39 is 0 Å². The lowest BCUT2D eigenvalue weighted by atomic mass is 10.2. The van der Waals surface area contributed by atoms with Gasteiger partial charge in [0.15, 0.2) is 0 Å². The smallest absolute Gasteiger partial charge is 0.244 e. The number of hydrogen-bond donors (Lipinski definition) is 1. The molecular formula is C21H22ClN3O. The summed E-state index contributed by atoms with van der Waals surface area (Å²) in [4.78, 5) is 18.3. The van der Waals surface area contributed by atoms with Crippen LogP contribution >= 0.6 is 11.6 Å². The number of carbonyl (C=O) groups excluding carboxylic acids is 1. The van der Waals surface area contributed by atoms with Gasteiger partial charge in [-0.15, -0.1) is 0 Å². The molecule has 0 unspecified atom stereocenters. The van der Waals surface area contributed by atoms with E-state index in [2.05, 4.69) is 21.3 Å². The number of nitrogens with one attached hydrogen (secondary N) is 1. The molecule has 1 amide bonds. The number of para-hydroxylation sites is 1. The third-order valence-electron chi connectivity index (χ3n) is 5.45. The molecule has 2 aromatic rings. The fraction of sp³-hybridized carbons (Fsp3) is 0.333. The summed E-state index contributed by atoms with van der Waals surface area (Å²) in [5, 5.41) is 3.82. The minimum Gasteiger partial charge on any atom is -0.370 e. The van der Waals surface area contributed by atoms with E-state index >= 15 is 0 Å². The molecule has 1 N–H and O–H groups in total. The van der Waals surface area contributed by atoms with Gasteiger partial charge in [0.25, 0.3) is 0 Å². The summed E-state index contributed by atoms with van der Waals surface area (Å²) in [6, 6.07) is 11.8. The standard InChI is InChI=1S/C21H22ClN3O/c22-19-5-1-2-6-20(19)25-13-17-16(18(17)14-25)9-11-24-21(26)8-7-15-4-3-10-23-12-15/h1-8,10,12,16-18H,9,11,13-14H2,(H,24,26)/b8-7+/t16-,17-,18+. The number of benzene rings is 1. The van der Waals surface area contributed by atoms with Gasteiger partial charge in [-0.3, -0.25) is 9.78 Å². The fourth-order valence-electron chi connectivity index (χ4n) is 4.05. The van der Waals surface area contributed by atoms with Crippen molar-refractivity contribution in [1.82, 2.24) is 10.3 Å². The first-order valence-electron chi connectivity index (χ1n) is 9.08. The van der Waals surface area contributed by atoms with Crippen LogP contribution in [0.25, 0.3) is 6.08 Å². The number of hydrogen-bond acceptors (Lipinski definition) is 3. The second-order valence-corrected chi connectivity index (χ2v) is 7.45. The van der Waals surface area contributed by atoms with Gasteiger partial charge in [-0.25, -0.2) is 0 Å². The third-order valence-corrected chi connectivity index (χ3v) is 5.77. The van der Waals surface area contributed by atoms with E-state index in [4.69, 9.17) is 11.6 Å². The summed E-state index contributed by atoms with van der Waals surface area (Å²) in [6.07, 6.45) is 7.87. The summed E-state index contributed by atoms with van der Waals surface area (Å²) < 4.78 is 0. The van der Waals surface area contributed by atoms with Gasteiger partial charge in [0.05, 0.1) is 10.7 Å². The highest BCUT2D eigenvalue weighted by molar-refractivity contribution is 6.33. The van der Waals surface area contributed by atoms with Crippen LogP contribution in [0.4, 0.5) is 5.69 Å². The molecule has 2 fully saturated rings. The van der Waals surface area contributed by atoms with Crippen LogP contribution < -0.4 is 10.2 Å². The van der Waals surface area contributed by atoms with E-state index in [1.165, 1.54) is 0 Å². The molecule has 0 spiro atoms. The van der Waals surface area contributed by atoms with Crippen molar-refractivity contribution in [2.45, 2.75) is 6.42 Å². The normalized spacial score (nSPS) is 23.9. The van der Waals surface area contributed by atoms with Crippen LogP contribution in [0, 0.1) is 17.8 Å². The Morgan fingerprint density at radius 3 is 2.77 bits per heavy atom. The lowest BCUT2D eigenvalue weighted by molar-refractivity contribution is -0.116. The minimum absolute atomic E-state index is 0.0441. The Hall–Kier alpha value is -2.33. The van der Waals surface area contributed by atoms with Gasteiger partial charge in [0.1, 0.15) is 0 Å². The minimum atomic E-state index is -0.0441. The number of carbonyl (C=O) groups is 1. The zero-order valence-electron chi connectivity index (χ0n) is 14.5. The fourth-order valence-corrected chi connectivity index (χ4v) is 4.31. The molecule has 1 saturated carbocycles. The average molecular weight is 368 g/mol. The summed E-state index contributed by atoms with van der Waals surface area (Å²) in [5.74, 6) is 2.18. The SMILES string of the molecule is O=C(/C=C/c1cccnc1)NCC[C@@H]1[C@H]2CN(c3ccccc3Cl)C[C@@H]12. The number of aromatic nitrogens is 1. The zero-order valence-corrected chi connectivity index (χ0v) is 15.3. The highest BCUT2D eigenvalue weighted by Crippen LogP contribution is 2.54. The Kier molecular flexibility index (Phi) is 4.93. The molecular weight excluding hydrogens is 346 g/mol. The summed E-state index contributed by atoms with van der Waals surface area (Å²) in [7, 11) is 0. The van der Waals surface area contributed by atoms with Crippen LogP contribution in [0.5, 0.6) is 0 Å². The van der Waals surface area contributed by atoms with Crippen molar-refractivity contribution < 1.29 is 4.79 Å². The predicted octanol–water partition coefficient (Wildman–Crippen LogP) is 3.64. The van der Waals surface area contributed by atoms with Crippen LogP contribution in [0.2, 0.25) is 5.02 Å². The van der Waals surface area contributed by atoms with Crippen molar-refractivity contribution in [2.75, 3.05) is 24.5 Å². The summed E-state index contributed by atoms with van der Waals surface area (Å²) >= 11 is 6.30. The predicted molar refractivity (Wildman–Crippen MR) is 105 cm³/mol. The first-order chi connectivity index (χ1) is 12.7. The molecule has 4 nitrogen and oxygen atoms in total. The molecule has 0 radical (unpaired) electrons. The van der Waals surface area contributed by atoms with E-state index in [1.807, 2.05) is 30.3 Å². The molecule has 3 atom stereocenters. The number of piperidine rings is 1. The molecule has 1 aromatic heterocycles. The first kappa shape index (κ1) is 17.1. The van der Waals surface area contributed by atoms with E-state index in [-0.39, 0.29) is 5.91 Å². The lowest BCUT2D eigenvalue weighted by Gasteiger charge is -2.23. The second kappa shape index (κ2) is 7.50. The van der Waals surface area contributed by atoms with Crippen LogP contribution in [0.1, 0.15) is 12.0 Å². The Labute approximate surface area is 158 Å². The van der Waals surface area contributed by atoms with Gasteiger partial charge in [-0.2, -0.15) is 0 Å². The number of halogens is 1. The van der Waals surface area contributed by atoms with Gasteiger partial charge >= 0.3 is 0 Å². The highest BCUT2D eigenvalue weighted by atomic mass is 35.5. The molecule has 1 aromatic carbocycles. The summed E-state index contributed by atoms with van der Waals surface area (Å²) in [5.41, 5.74) is 2.08. The number of nitrogens with zero attached hydrogens (tertiary/aromatic N) is 2. The van der Waals surface area contributed by atoms with Crippen molar-refractivity contribution >= 4 is 29.3 Å². The van der Waals surface area contributed by atoms with Gasteiger partial charge in [0, 0.05) is 38.1 Å². The van der Waals surface area contributed by atoms with Crippen molar-refractivity contribution in [3.63, 3.8) is 0 Å². The number of anilines is 1. The van der Waals surface area contributed by atoms with E-state index in [9.17, 15) is 4.79 Å². The Bertz CT molecular complexity index is 796. The van der Waals surface area contributed by atoms with Gasteiger partial charge in [-0.05, 0) is 54.0 Å². The molecule has 1 aliphatic heterocycles. The van der Waals surface area contributed by atoms with Crippen LogP contribution in [0.3, 0.4) is 0 Å². The van der Waals surface area contributed by atoms with E-state index in [0.717, 1.165) is 60.1 Å². The monoisotopic (exact) mass is 367 g/mol. The number of fused-ring (bicyclic) bond motifs is 1. The maximum Gasteiger partial charge on any atom is 0.244 e. The largest absolute Gasteiger partial charge is 0.370 e. The van der Waals surface area contributed by atoms with Crippen molar-refractivity contribution in [3.05, 3.63) is 65.5 Å². The molecule has 134 valence electrons. The zero-order chi connectivity index (χ0) is 17.9. The number of amides is 1. The Balaban J connectivity index is 1.19. The van der Waals surface area contributed by atoms with Gasteiger partial charge < -0.3 is 10.2 Å². The van der Waals surface area contributed by atoms with Crippen LogP contribution in [0.15, 0.2) is 54.9 Å². The average Bonchev–Trinajstić information content (AvgIpc) is 3.11. The van der Waals surface area contributed by atoms with Gasteiger partial charge in [-0.1, -0.05) is 29.8 Å². The lowest BCUT2D eigenvalue weighted by Crippen LogP contribution is -2.26. The molecule has 2 aliphatic rings. The first-order valence-corrected chi connectivity index (χ1v) is 9.45. The van der Waals surface area contributed by atoms with Gasteiger partial charge in [0.2, 0.25) is 5.91 Å². The van der Waals surface area contributed by atoms with Crippen molar-refractivity contribution in [1.29, 1.82) is 0 Å². The molecule has 1 saturated heterocycles. The Morgan fingerprint density at radius 2 is 2.04 bits per heavy atom. The maximum atomic E-state index is 11.9. The number of pyridine rings is 1. The topological polar surface area (TPSA) is 45.2 Å². The van der Waals surface area contributed by atoms with Crippen molar-refractivity contribution in [3.8, 4) is 0 Å². The van der Waals surface area contributed by atoms with Crippen molar-refractivity contribution in [2.24, 2.45) is 17.8 Å². The van der Waals surface area contributed by atoms with Crippen LogP contribution in [-0.4, -0.2) is 30.5 Å². The van der Waals surface area contributed by atoms with Crippen LogP contribution in [-0.2, 0) is 4.79 Å². The molecule has 26 heavy (non-hydrogen) atoms. The van der Waals surface area contributed by atoms with E-state index in [0.29, 0.717) is 0 Å². The second-order valence-electron chi connectivity index (χ2n) is 7.05. The number of rotatable bonds is 6.